The van der Waals surface area contributed by atoms with Gasteiger partial charge in [0.2, 0.25) is 0 Å². The van der Waals surface area contributed by atoms with Crippen molar-refractivity contribution in [1.82, 2.24) is 14.8 Å². The number of hydrogen-bond acceptors (Lipinski definition) is 3. The predicted molar refractivity (Wildman–Crippen MR) is 53.9 cm³/mol. The second-order valence-electron chi connectivity index (χ2n) is 2.67. The minimum Gasteiger partial charge on any atom is -0.275 e. The van der Waals surface area contributed by atoms with Crippen LogP contribution in [0.1, 0.15) is 4.88 Å². The van der Waals surface area contributed by atoms with Crippen LogP contribution >= 0.6 is 22.9 Å². The fraction of sp³-hybridized carbons (Fsp3) is 0.250. The smallest absolute Gasteiger partial charge is 0.126 e. The van der Waals surface area contributed by atoms with E-state index in [1.807, 2.05) is 13.2 Å². The lowest BCUT2D eigenvalue weighted by atomic mass is 10.4. The van der Waals surface area contributed by atoms with Gasteiger partial charge in [0.05, 0.1) is 12.1 Å². The summed E-state index contributed by atoms with van der Waals surface area (Å²) in [7, 11) is 1.89. The zero-order valence-electron chi connectivity index (χ0n) is 7.07. The minimum absolute atomic E-state index is 0.526. The minimum atomic E-state index is 0.526. The third-order valence-corrected chi connectivity index (χ3v) is 3.13. The lowest BCUT2D eigenvalue weighted by Gasteiger charge is -1.85. The summed E-state index contributed by atoms with van der Waals surface area (Å²) in [5, 5.41) is 5.05. The maximum absolute atomic E-state index is 5.68. The number of rotatable bonds is 2. The van der Waals surface area contributed by atoms with Gasteiger partial charge in [0.25, 0.3) is 0 Å². The largest absolute Gasteiger partial charge is 0.275 e. The molecule has 0 aliphatic heterocycles. The van der Waals surface area contributed by atoms with E-state index in [0.29, 0.717) is 5.88 Å². The van der Waals surface area contributed by atoms with E-state index in [2.05, 4.69) is 10.1 Å². The molecular weight excluding hydrogens is 206 g/mol. The van der Waals surface area contributed by atoms with E-state index >= 15 is 0 Å². The standard InChI is InChI=1S/C8H8ClN3S/c1-12-5-6(3-11-12)8-10-4-7(2-9)13-8/h3-5H,2H2,1H3. The highest BCUT2D eigenvalue weighted by atomic mass is 35.5. The van der Waals surface area contributed by atoms with E-state index in [1.165, 1.54) is 0 Å². The van der Waals surface area contributed by atoms with Crippen molar-refractivity contribution in [1.29, 1.82) is 0 Å². The fourth-order valence-electron chi connectivity index (χ4n) is 1.03. The Morgan fingerprint density at radius 2 is 2.38 bits per heavy atom. The molecule has 2 rings (SSSR count). The van der Waals surface area contributed by atoms with Crippen LogP contribution in [0.3, 0.4) is 0 Å². The summed E-state index contributed by atoms with van der Waals surface area (Å²) in [5.41, 5.74) is 1.05. The maximum atomic E-state index is 5.68. The Bertz CT molecular complexity index is 407. The molecule has 13 heavy (non-hydrogen) atoms. The van der Waals surface area contributed by atoms with Gasteiger partial charge in [-0.3, -0.25) is 4.68 Å². The molecule has 0 spiro atoms. The van der Waals surface area contributed by atoms with E-state index in [4.69, 9.17) is 11.6 Å². The van der Waals surface area contributed by atoms with Crippen LogP contribution in [0, 0.1) is 0 Å². The zero-order chi connectivity index (χ0) is 9.26. The Labute approximate surface area is 85.0 Å². The van der Waals surface area contributed by atoms with Crippen LogP contribution in [-0.4, -0.2) is 14.8 Å². The van der Waals surface area contributed by atoms with Crippen molar-refractivity contribution in [2.75, 3.05) is 0 Å². The van der Waals surface area contributed by atoms with Gasteiger partial charge in [-0.1, -0.05) is 0 Å². The van der Waals surface area contributed by atoms with Gasteiger partial charge in [-0.25, -0.2) is 4.98 Å². The number of thiazole rings is 1. The van der Waals surface area contributed by atoms with Crippen LogP contribution in [0.15, 0.2) is 18.6 Å². The Kier molecular flexibility index (Phi) is 2.33. The average Bonchev–Trinajstić information content (AvgIpc) is 2.71. The van der Waals surface area contributed by atoms with Gasteiger partial charge in [-0.15, -0.1) is 22.9 Å². The van der Waals surface area contributed by atoms with Crippen molar-refractivity contribution in [3.05, 3.63) is 23.5 Å². The van der Waals surface area contributed by atoms with Crippen molar-refractivity contribution in [2.45, 2.75) is 5.88 Å². The van der Waals surface area contributed by atoms with Crippen molar-refractivity contribution >= 4 is 22.9 Å². The van der Waals surface area contributed by atoms with Crippen molar-refractivity contribution < 1.29 is 0 Å². The third kappa shape index (κ3) is 1.73. The van der Waals surface area contributed by atoms with Crippen LogP contribution in [-0.2, 0) is 12.9 Å². The summed E-state index contributed by atoms with van der Waals surface area (Å²) in [4.78, 5) is 5.34. The van der Waals surface area contributed by atoms with E-state index in [0.717, 1.165) is 15.4 Å². The van der Waals surface area contributed by atoms with Crippen LogP contribution in [0.25, 0.3) is 10.6 Å². The highest BCUT2D eigenvalue weighted by molar-refractivity contribution is 7.15. The summed E-state index contributed by atoms with van der Waals surface area (Å²) < 4.78 is 1.76. The van der Waals surface area contributed by atoms with E-state index in [1.54, 1.807) is 28.4 Å². The summed E-state index contributed by atoms with van der Waals surface area (Å²) in [5.74, 6) is 0.526. The molecule has 2 heterocycles. The number of aromatic nitrogens is 3. The van der Waals surface area contributed by atoms with Crippen LogP contribution in [0.2, 0.25) is 0 Å². The Morgan fingerprint density at radius 1 is 1.54 bits per heavy atom. The molecule has 0 saturated heterocycles. The number of aryl methyl sites for hydroxylation is 1. The summed E-state index contributed by atoms with van der Waals surface area (Å²) in [6.45, 7) is 0. The normalized spacial score (nSPS) is 10.6. The monoisotopic (exact) mass is 213 g/mol. The lowest BCUT2D eigenvalue weighted by molar-refractivity contribution is 0.768. The molecule has 0 aliphatic carbocycles. The predicted octanol–water partition coefficient (Wildman–Crippen LogP) is 2.28. The number of halogens is 1. The second-order valence-corrected chi connectivity index (χ2v) is 4.05. The van der Waals surface area contributed by atoms with Gasteiger partial charge in [0.1, 0.15) is 5.01 Å². The molecule has 0 atom stereocenters. The van der Waals surface area contributed by atoms with Crippen molar-refractivity contribution in [3.63, 3.8) is 0 Å². The molecule has 0 bridgehead atoms. The summed E-state index contributed by atoms with van der Waals surface area (Å²) in [6, 6.07) is 0. The SMILES string of the molecule is Cn1cc(-c2ncc(CCl)s2)cn1. The van der Waals surface area contributed by atoms with E-state index in [-0.39, 0.29) is 0 Å². The number of hydrogen-bond donors (Lipinski definition) is 0. The Morgan fingerprint density at radius 3 is 2.92 bits per heavy atom. The molecule has 5 heteroatoms. The average molecular weight is 214 g/mol. The Hall–Kier alpha value is -0.870. The van der Waals surface area contributed by atoms with Crippen LogP contribution in [0.4, 0.5) is 0 Å². The van der Waals surface area contributed by atoms with Gasteiger partial charge in [-0.2, -0.15) is 5.10 Å². The van der Waals surface area contributed by atoms with Crippen LogP contribution < -0.4 is 0 Å². The molecule has 0 fully saturated rings. The molecule has 0 N–H and O–H groups in total. The number of alkyl halides is 1. The first-order chi connectivity index (χ1) is 6.29. The van der Waals surface area contributed by atoms with Gasteiger partial charge >= 0.3 is 0 Å². The third-order valence-electron chi connectivity index (χ3n) is 1.64. The highest BCUT2D eigenvalue weighted by Gasteiger charge is 2.05. The van der Waals surface area contributed by atoms with Gasteiger partial charge in [-0.05, 0) is 0 Å². The molecule has 2 aromatic heterocycles. The molecule has 0 saturated carbocycles. The van der Waals surface area contributed by atoms with Gasteiger partial charge in [0, 0.05) is 29.9 Å². The zero-order valence-corrected chi connectivity index (χ0v) is 8.64. The molecule has 0 radical (unpaired) electrons. The molecule has 0 unspecified atom stereocenters. The van der Waals surface area contributed by atoms with E-state index < -0.39 is 0 Å². The van der Waals surface area contributed by atoms with Crippen molar-refractivity contribution in [3.8, 4) is 10.6 Å². The molecule has 2 aromatic rings. The topological polar surface area (TPSA) is 30.7 Å². The quantitative estimate of drug-likeness (QED) is 0.717. The molecule has 0 amide bonds. The van der Waals surface area contributed by atoms with Crippen LogP contribution in [0.5, 0.6) is 0 Å². The highest BCUT2D eigenvalue weighted by Crippen LogP contribution is 2.25. The molecule has 0 aliphatic rings. The molecular formula is C8H8ClN3S. The summed E-state index contributed by atoms with van der Waals surface area (Å²) >= 11 is 7.29. The second kappa shape index (κ2) is 3.47. The first-order valence-electron chi connectivity index (χ1n) is 3.79. The first-order valence-corrected chi connectivity index (χ1v) is 5.14. The molecule has 3 nitrogen and oxygen atoms in total. The fourth-order valence-corrected chi connectivity index (χ4v) is 2.00. The molecule has 0 aromatic carbocycles. The first kappa shape index (κ1) is 8.72. The number of nitrogens with zero attached hydrogens (tertiary/aromatic N) is 3. The van der Waals surface area contributed by atoms with Crippen molar-refractivity contribution in [2.24, 2.45) is 7.05 Å². The van der Waals surface area contributed by atoms with Gasteiger partial charge in [0.15, 0.2) is 0 Å². The molecule has 68 valence electrons. The maximum Gasteiger partial charge on any atom is 0.126 e. The Balaban J connectivity index is 2.35. The van der Waals surface area contributed by atoms with E-state index in [9.17, 15) is 0 Å². The lowest BCUT2D eigenvalue weighted by Crippen LogP contribution is -1.83. The summed E-state index contributed by atoms with van der Waals surface area (Å²) in [6.07, 6.45) is 5.55. The van der Waals surface area contributed by atoms with Gasteiger partial charge < -0.3 is 0 Å².